The number of nitrogens with zero attached hydrogens (tertiary/aromatic N) is 1. The van der Waals surface area contributed by atoms with Gasteiger partial charge in [-0.05, 0) is 30.9 Å². The zero-order valence-corrected chi connectivity index (χ0v) is 14.4. The number of nitrogens with one attached hydrogen (secondary N) is 1. The molecule has 3 rings (SSSR count). The second-order valence-electron chi connectivity index (χ2n) is 6.29. The molecular formula is C17H25Cl2FN2. The number of rotatable bonds is 3. The van der Waals surface area contributed by atoms with E-state index in [1.807, 2.05) is 12.1 Å². The van der Waals surface area contributed by atoms with E-state index in [2.05, 4.69) is 10.2 Å². The molecule has 1 aromatic rings. The molecule has 1 heterocycles. The van der Waals surface area contributed by atoms with Gasteiger partial charge in [0.15, 0.2) is 0 Å². The lowest BCUT2D eigenvalue weighted by Gasteiger charge is -2.41. The summed E-state index contributed by atoms with van der Waals surface area (Å²) in [6.07, 6.45) is 6.33. The highest BCUT2D eigenvalue weighted by atomic mass is 35.5. The number of halogens is 3. The molecule has 1 N–H and O–H groups in total. The Balaban J connectivity index is 0.00000176. The number of piperazine rings is 1. The fourth-order valence-corrected chi connectivity index (χ4v) is 4.06. The normalized spacial score (nSPS) is 22.1. The van der Waals surface area contributed by atoms with Gasteiger partial charge in [0.1, 0.15) is 5.82 Å². The third-order valence-electron chi connectivity index (χ3n) is 4.92. The molecule has 1 aromatic carbocycles. The van der Waals surface area contributed by atoms with Crippen LogP contribution < -0.4 is 5.32 Å². The van der Waals surface area contributed by atoms with E-state index in [9.17, 15) is 4.39 Å². The van der Waals surface area contributed by atoms with Crippen molar-refractivity contribution in [3.8, 4) is 0 Å². The summed E-state index contributed by atoms with van der Waals surface area (Å²) in [4.78, 5) is 2.47. The molecule has 2 nitrogen and oxygen atoms in total. The van der Waals surface area contributed by atoms with Gasteiger partial charge in [0.25, 0.3) is 0 Å². The van der Waals surface area contributed by atoms with Gasteiger partial charge in [0.05, 0.1) is 0 Å². The Morgan fingerprint density at radius 3 is 2.45 bits per heavy atom. The summed E-state index contributed by atoms with van der Waals surface area (Å²) in [5.41, 5.74) is 0.841. The minimum atomic E-state index is -0.142. The van der Waals surface area contributed by atoms with E-state index in [4.69, 9.17) is 11.6 Å². The van der Waals surface area contributed by atoms with Crippen molar-refractivity contribution in [3.63, 3.8) is 0 Å². The maximum atomic E-state index is 14.5. The smallest absolute Gasteiger partial charge is 0.129 e. The lowest BCUT2D eigenvalue weighted by atomic mass is 9.80. The van der Waals surface area contributed by atoms with Crippen LogP contribution in [0, 0.1) is 11.7 Å². The molecule has 0 bridgehead atoms. The van der Waals surface area contributed by atoms with E-state index < -0.39 is 0 Å². The Labute approximate surface area is 143 Å². The number of hydrogen-bond donors (Lipinski definition) is 1. The lowest BCUT2D eigenvalue weighted by Crippen LogP contribution is -2.47. The predicted octanol–water partition coefficient (Wildman–Crippen LogP) is 4.43. The highest BCUT2D eigenvalue weighted by Gasteiger charge is 2.32. The molecule has 0 spiro atoms. The molecular weight excluding hydrogens is 322 g/mol. The molecule has 0 radical (unpaired) electrons. The Kier molecular flexibility index (Phi) is 6.94. The largest absolute Gasteiger partial charge is 0.314 e. The molecule has 1 aliphatic carbocycles. The summed E-state index contributed by atoms with van der Waals surface area (Å²) in [5, 5.41) is 3.88. The zero-order chi connectivity index (χ0) is 14.7. The van der Waals surface area contributed by atoms with Crippen molar-refractivity contribution in [3.05, 3.63) is 34.6 Å². The Bertz CT molecular complexity index is 454. The van der Waals surface area contributed by atoms with Crippen LogP contribution in [0.1, 0.15) is 43.7 Å². The molecule has 1 atom stereocenters. The topological polar surface area (TPSA) is 15.3 Å². The maximum absolute atomic E-state index is 14.5. The summed E-state index contributed by atoms with van der Waals surface area (Å²) >= 11 is 5.93. The molecule has 0 amide bonds. The zero-order valence-electron chi connectivity index (χ0n) is 12.9. The summed E-state index contributed by atoms with van der Waals surface area (Å²) in [6, 6.07) is 5.41. The van der Waals surface area contributed by atoms with Gasteiger partial charge in [-0.15, -0.1) is 12.4 Å². The summed E-state index contributed by atoms with van der Waals surface area (Å²) in [7, 11) is 0. The number of hydrogen-bond acceptors (Lipinski definition) is 2. The molecule has 0 unspecified atom stereocenters. The van der Waals surface area contributed by atoms with Crippen LogP contribution in [0.15, 0.2) is 18.2 Å². The first-order valence-electron chi connectivity index (χ1n) is 8.15. The summed E-state index contributed by atoms with van der Waals surface area (Å²) in [5.74, 6) is 0.434. The minimum absolute atomic E-state index is 0. The van der Waals surface area contributed by atoms with Gasteiger partial charge in [-0.1, -0.05) is 36.9 Å². The highest BCUT2D eigenvalue weighted by Crippen LogP contribution is 2.39. The van der Waals surface area contributed by atoms with Crippen LogP contribution in [-0.2, 0) is 0 Å². The van der Waals surface area contributed by atoms with E-state index in [0.29, 0.717) is 10.9 Å². The highest BCUT2D eigenvalue weighted by molar-refractivity contribution is 6.30. The van der Waals surface area contributed by atoms with Crippen LogP contribution in [0.5, 0.6) is 0 Å². The molecule has 1 saturated carbocycles. The molecule has 2 aliphatic rings. The van der Waals surface area contributed by atoms with Crippen LogP contribution in [0.4, 0.5) is 4.39 Å². The van der Waals surface area contributed by atoms with Gasteiger partial charge in [0, 0.05) is 42.8 Å². The van der Waals surface area contributed by atoms with Crippen molar-refractivity contribution in [1.29, 1.82) is 0 Å². The molecule has 22 heavy (non-hydrogen) atoms. The van der Waals surface area contributed by atoms with E-state index in [1.54, 1.807) is 0 Å². The molecule has 1 saturated heterocycles. The maximum Gasteiger partial charge on any atom is 0.129 e. The average molecular weight is 347 g/mol. The van der Waals surface area contributed by atoms with Crippen molar-refractivity contribution in [2.24, 2.45) is 5.92 Å². The number of benzene rings is 1. The first-order chi connectivity index (χ1) is 10.3. The Morgan fingerprint density at radius 2 is 1.82 bits per heavy atom. The SMILES string of the molecule is Cl.Fc1cc(Cl)ccc1[C@H](C1CCCCC1)N1CCNCC1. The molecule has 124 valence electrons. The fraction of sp³-hybridized carbons (Fsp3) is 0.647. The molecule has 2 fully saturated rings. The first kappa shape index (κ1) is 18.0. The third-order valence-corrected chi connectivity index (χ3v) is 5.16. The van der Waals surface area contributed by atoms with E-state index >= 15 is 0 Å². The van der Waals surface area contributed by atoms with E-state index in [0.717, 1.165) is 31.7 Å². The van der Waals surface area contributed by atoms with Gasteiger partial charge in [-0.25, -0.2) is 4.39 Å². The van der Waals surface area contributed by atoms with E-state index in [1.165, 1.54) is 38.2 Å². The van der Waals surface area contributed by atoms with Crippen molar-refractivity contribution >= 4 is 24.0 Å². The van der Waals surface area contributed by atoms with Gasteiger partial charge in [-0.3, -0.25) is 4.90 Å². The molecule has 0 aromatic heterocycles. The van der Waals surface area contributed by atoms with Gasteiger partial charge >= 0.3 is 0 Å². The fourth-order valence-electron chi connectivity index (χ4n) is 3.90. The minimum Gasteiger partial charge on any atom is -0.314 e. The lowest BCUT2D eigenvalue weighted by molar-refractivity contribution is 0.101. The van der Waals surface area contributed by atoms with Crippen LogP contribution >= 0.6 is 24.0 Å². The standard InChI is InChI=1S/C17H24ClFN2.ClH/c18-14-6-7-15(16(19)12-14)17(13-4-2-1-3-5-13)21-10-8-20-9-11-21;/h6-7,12-13,17,20H,1-5,8-11H2;1H/t17-;/m0./s1. The van der Waals surface area contributed by atoms with Crippen molar-refractivity contribution in [2.45, 2.75) is 38.1 Å². The average Bonchev–Trinajstić information content (AvgIpc) is 2.52. The second kappa shape index (κ2) is 8.49. The van der Waals surface area contributed by atoms with Crippen LogP contribution in [0.2, 0.25) is 5.02 Å². The van der Waals surface area contributed by atoms with Gasteiger partial charge in [0.2, 0.25) is 0 Å². The summed E-state index contributed by atoms with van der Waals surface area (Å²) in [6.45, 7) is 4.00. The van der Waals surface area contributed by atoms with Crippen LogP contribution in [0.3, 0.4) is 0 Å². The van der Waals surface area contributed by atoms with Gasteiger partial charge in [-0.2, -0.15) is 0 Å². The van der Waals surface area contributed by atoms with Crippen LogP contribution in [-0.4, -0.2) is 31.1 Å². The second-order valence-corrected chi connectivity index (χ2v) is 6.73. The Hall–Kier alpha value is -0.350. The monoisotopic (exact) mass is 346 g/mol. The quantitative estimate of drug-likeness (QED) is 0.870. The van der Waals surface area contributed by atoms with Crippen LogP contribution in [0.25, 0.3) is 0 Å². The molecule has 5 heteroatoms. The summed E-state index contributed by atoms with van der Waals surface area (Å²) < 4.78 is 14.5. The Morgan fingerprint density at radius 1 is 1.14 bits per heavy atom. The third kappa shape index (κ3) is 4.14. The van der Waals surface area contributed by atoms with E-state index in [-0.39, 0.29) is 24.3 Å². The first-order valence-corrected chi connectivity index (χ1v) is 8.53. The van der Waals surface area contributed by atoms with Gasteiger partial charge < -0.3 is 5.32 Å². The predicted molar refractivity (Wildman–Crippen MR) is 92.4 cm³/mol. The molecule has 1 aliphatic heterocycles. The van der Waals surface area contributed by atoms with Crippen molar-refractivity contribution < 1.29 is 4.39 Å². The van der Waals surface area contributed by atoms with Crippen molar-refractivity contribution in [2.75, 3.05) is 26.2 Å². The van der Waals surface area contributed by atoms with Crippen molar-refractivity contribution in [1.82, 2.24) is 10.2 Å².